The van der Waals surface area contributed by atoms with Gasteiger partial charge in [0.2, 0.25) is 0 Å². The van der Waals surface area contributed by atoms with Crippen molar-refractivity contribution < 1.29 is 0 Å². The predicted octanol–water partition coefficient (Wildman–Crippen LogP) is 2.74. The Morgan fingerprint density at radius 3 is 2.72 bits per heavy atom. The molecule has 0 saturated carbocycles. The van der Waals surface area contributed by atoms with E-state index in [-0.39, 0.29) is 0 Å². The van der Waals surface area contributed by atoms with Gasteiger partial charge in [-0.05, 0) is 12.1 Å². The molecule has 2 aromatic heterocycles. The maximum absolute atomic E-state index is 6.06. The van der Waals surface area contributed by atoms with Gasteiger partial charge < -0.3 is 10.6 Å². The van der Waals surface area contributed by atoms with Crippen molar-refractivity contribution in [2.75, 3.05) is 24.2 Å². The van der Waals surface area contributed by atoms with Crippen molar-refractivity contribution in [2.45, 2.75) is 6.54 Å². The van der Waals surface area contributed by atoms with Crippen LogP contribution in [0.5, 0.6) is 0 Å². The van der Waals surface area contributed by atoms with E-state index < -0.39 is 0 Å². The number of anilines is 2. The third-order valence-corrected chi connectivity index (χ3v) is 2.94. The van der Waals surface area contributed by atoms with E-state index in [1.54, 1.807) is 19.3 Å². The second-order valence-electron chi connectivity index (χ2n) is 3.60. The van der Waals surface area contributed by atoms with E-state index in [9.17, 15) is 0 Å². The fraction of sp³-hybridized carbons (Fsp3) is 0.273. The van der Waals surface area contributed by atoms with Crippen LogP contribution in [0.2, 0.25) is 10.0 Å². The van der Waals surface area contributed by atoms with E-state index in [1.165, 1.54) is 0 Å². The van der Waals surface area contributed by atoms with Crippen LogP contribution in [-0.4, -0.2) is 28.4 Å². The molecule has 0 atom stereocenters. The van der Waals surface area contributed by atoms with Crippen molar-refractivity contribution in [2.24, 2.45) is 0 Å². The lowest BCUT2D eigenvalue weighted by Gasteiger charge is -2.10. The van der Waals surface area contributed by atoms with Gasteiger partial charge in [-0.1, -0.05) is 23.2 Å². The summed E-state index contributed by atoms with van der Waals surface area (Å²) in [5.74, 6) is 1.21. The number of nitrogens with one attached hydrogen (secondary N) is 2. The zero-order chi connectivity index (χ0) is 13.0. The third-order valence-electron chi connectivity index (χ3n) is 2.36. The van der Waals surface area contributed by atoms with E-state index in [0.29, 0.717) is 28.2 Å². The number of halogens is 2. The molecule has 0 amide bonds. The van der Waals surface area contributed by atoms with Gasteiger partial charge in [0.15, 0.2) is 0 Å². The summed E-state index contributed by atoms with van der Waals surface area (Å²) in [5, 5.41) is 11.2. The average Bonchev–Trinajstić information content (AvgIpc) is 2.85. The van der Waals surface area contributed by atoms with Crippen molar-refractivity contribution in [1.29, 1.82) is 0 Å². The molecule has 7 heteroatoms. The van der Waals surface area contributed by atoms with Crippen LogP contribution in [0.4, 0.5) is 11.6 Å². The lowest BCUT2D eigenvalue weighted by Crippen LogP contribution is -2.12. The van der Waals surface area contributed by atoms with E-state index in [0.717, 1.165) is 6.54 Å². The number of hydrogen-bond donors (Lipinski definition) is 2. The normalized spacial score (nSPS) is 10.4. The molecule has 0 aliphatic heterocycles. The van der Waals surface area contributed by atoms with Gasteiger partial charge in [0.05, 0.1) is 16.6 Å². The lowest BCUT2D eigenvalue weighted by molar-refractivity contribution is 0.637. The lowest BCUT2D eigenvalue weighted by atomic mass is 10.4. The number of pyridine rings is 1. The fourth-order valence-corrected chi connectivity index (χ4v) is 2.01. The maximum Gasteiger partial charge on any atom is 0.147 e. The van der Waals surface area contributed by atoms with E-state index in [2.05, 4.69) is 20.7 Å². The molecule has 0 bridgehead atoms. The molecule has 0 aliphatic rings. The van der Waals surface area contributed by atoms with Gasteiger partial charge in [0.1, 0.15) is 11.6 Å². The molecule has 2 rings (SSSR count). The fourth-order valence-electron chi connectivity index (χ4n) is 1.49. The number of nitrogens with zero attached hydrogens (tertiary/aromatic N) is 3. The minimum Gasteiger partial charge on any atom is -0.372 e. The molecule has 2 N–H and O–H groups in total. The Morgan fingerprint density at radius 1 is 1.28 bits per heavy atom. The molecule has 0 spiro atoms. The van der Waals surface area contributed by atoms with Crippen molar-refractivity contribution in [3.8, 4) is 0 Å². The first-order chi connectivity index (χ1) is 8.70. The van der Waals surface area contributed by atoms with Crippen LogP contribution < -0.4 is 10.6 Å². The molecular weight excluding hydrogens is 273 g/mol. The smallest absolute Gasteiger partial charge is 0.147 e. The highest BCUT2D eigenvalue weighted by Crippen LogP contribution is 2.28. The van der Waals surface area contributed by atoms with Crippen molar-refractivity contribution >= 4 is 34.8 Å². The van der Waals surface area contributed by atoms with Gasteiger partial charge in [-0.3, -0.25) is 4.68 Å². The van der Waals surface area contributed by atoms with Crippen LogP contribution in [0.1, 0.15) is 0 Å². The van der Waals surface area contributed by atoms with Crippen LogP contribution in [0.3, 0.4) is 0 Å². The van der Waals surface area contributed by atoms with Gasteiger partial charge in [-0.15, -0.1) is 0 Å². The predicted molar refractivity (Wildman–Crippen MR) is 74.5 cm³/mol. The van der Waals surface area contributed by atoms with Crippen LogP contribution >= 0.6 is 23.2 Å². The van der Waals surface area contributed by atoms with Crippen LogP contribution in [-0.2, 0) is 6.54 Å². The molecule has 0 aromatic carbocycles. The van der Waals surface area contributed by atoms with Crippen molar-refractivity contribution in [3.63, 3.8) is 0 Å². The first-order valence-electron chi connectivity index (χ1n) is 5.46. The van der Waals surface area contributed by atoms with Gasteiger partial charge in [-0.2, -0.15) is 5.10 Å². The summed E-state index contributed by atoms with van der Waals surface area (Å²) in [6.07, 6.45) is 3.64. The summed E-state index contributed by atoms with van der Waals surface area (Å²) in [5.41, 5.74) is 0. The highest BCUT2D eigenvalue weighted by Gasteiger charge is 2.07. The molecule has 0 saturated heterocycles. The molecule has 96 valence electrons. The molecule has 0 unspecified atom stereocenters. The quantitative estimate of drug-likeness (QED) is 0.887. The highest BCUT2D eigenvalue weighted by molar-refractivity contribution is 6.37. The standard InChI is InChI=1S/C11H13Cl2N5/c1-14-10-8(12)7-9(13)11(17-10)15-4-6-18-5-2-3-16-18/h2-3,5,7H,4,6H2,1H3,(H2,14,15,17). The van der Waals surface area contributed by atoms with Gasteiger partial charge >= 0.3 is 0 Å². The Balaban J connectivity index is 2.00. The molecular formula is C11H13Cl2N5. The zero-order valence-electron chi connectivity index (χ0n) is 9.82. The Bertz CT molecular complexity index is 512. The Morgan fingerprint density at radius 2 is 2.06 bits per heavy atom. The summed E-state index contributed by atoms with van der Waals surface area (Å²) in [4.78, 5) is 4.29. The summed E-state index contributed by atoms with van der Waals surface area (Å²) in [6.45, 7) is 1.42. The Hall–Kier alpha value is -1.46. The molecule has 0 aliphatic carbocycles. The average molecular weight is 286 g/mol. The molecule has 0 fully saturated rings. The highest BCUT2D eigenvalue weighted by atomic mass is 35.5. The van der Waals surface area contributed by atoms with Gasteiger partial charge in [0.25, 0.3) is 0 Å². The third kappa shape index (κ3) is 3.05. The number of aromatic nitrogens is 3. The van der Waals surface area contributed by atoms with Crippen molar-refractivity contribution in [3.05, 3.63) is 34.6 Å². The van der Waals surface area contributed by atoms with Crippen LogP contribution in [0, 0.1) is 0 Å². The molecule has 18 heavy (non-hydrogen) atoms. The monoisotopic (exact) mass is 285 g/mol. The zero-order valence-corrected chi connectivity index (χ0v) is 11.3. The molecule has 0 radical (unpaired) electrons. The topological polar surface area (TPSA) is 54.8 Å². The first-order valence-corrected chi connectivity index (χ1v) is 6.21. The first kappa shape index (κ1) is 13.0. The van der Waals surface area contributed by atoms with Crippen LogP contribution in [0.25, 0.3) is 0 Å². The summed E-state index contributed by atoms with van der Waals surface area (Å²) < 4.78 is 1.83. The van der Waals surface area contributed by atoms with Crippen LogP contribution in [0.15, 0.2) is 24.5 Å². The van der Waals surface area contributed by atoms with Gasteiger partial charge in [-0.25, -0.2) is 4.98 Å². The number of hydrogen-bond acceptors (Lipinski definition) is 4. The van der Waals surface area contributed by atoms with E-state index in [1.807, 2.05) is 16.9 Å². The summed E-state index contributed by atoms with van der Waals surface area (Å²) in [6, 6.07) is 3.55. The number of rotatable bonds is 5. The molecule has 2 aromatic rings. The minimum atomic E-state index is 0.500. The van der Waals surface area contributed by atoms with E-state index in [4.69, 9.17) is 23.2 Å². The van der Waals surface area contributed by atoms with Crippen molar-refractivity contribution in [1.82, 2.24) is 14.8 Å². The SMILES string of the molecule is CNc1nc(NCCn2cccn2)c(Cl)cc1Cl. The molecule has 5 nitrogen and oxygen atoms in total. The summed E-state index contributed by atoms with van der Waals surface area (Å²) >= 11 is 12.0. The summed E-state index contributed by atoms with van der Waals surface area (Å²) in [7, 11) is 1.76. The second-order valence-corrected chi connectivity index (χ2v) is 4.41. The minimum absolute atomic E-state index is 0.500. The Kier molecular flexibility index (Phi) is 4.28. The maximum atomic E-state index is 6.06. The second kappa shape index (κ2) is 5.93. The molecule has 2 heterocycles. The van der Waals surface area contributed by atoms with E-state index >= 15 is 0 Å². The van der Waals surface area contributed by atoms with Gasteiger partial charge in [0, 0.05) is 26.0 Å². The largest absolute Gasteiger partial charge is 0.372 e. The Labute approximate surface area is 115 Å².